The summed E-state index contributed by atoms with van der Waals surface area (Å²) < 4.78 is 24.2. The molecule has 0 fully saturated rings. The van der Waals surface area contributed by atoms with Crippen molar-refractivity contribution in [2.45, 2.75) is 6.10 Å². The van der Waals surface area contributed by atoms with Crippen LogP contribution in [0.5, 0.6) is 5.75 Å². The number of carbonyl (C=O) groups excluding carboxylic acids is 1. The van der Waals surface area contributed by atoms with Gasteiger partial charge in [0.2, 0.25) is 6.10 Å². The van der Waals surface area contributed by atoms with E-state index in [-0.39, 0.29) is 27.5 Å². The Balaban J connectivity index is 1.88. The Morgan fingerprint density at radius 1 is 1.38 bits per heavy atom. The Morgan fingerprint density at radius 2 is 2.17 bits per heavy atom. The number of aromatic nitrogens is 2. The molecular weight excluding hydrogens is 397 g/mol. The van der Waals surface area contributed by atoms with Gasteiger partial charge in [-0.1, -0.05) is 23.7 Å². The number of benzene rings is 2. The van der Waals surface area contributed by atoms with Gasteiger partial charge in [0, 0.05) is 11.1 Å². The normalized spacial score (nSPS) is 16.2. The Kier molecular flexibility index (Phi) is 4.79. The molecule has 0 radical (unpaired) electrons. The van der Waals surface area contributed by atoms with Crippen LogP contribution in [-0.4, -0.2) is 29.2 Å². The highest BCUT2D eigenvalue weighted by atomic mass is 35.5. The molecule has 0 amide bonds. The molecule has 2 aromatic carbocycles. The van der Waals surface area contributed by atoms with Gasteiger partial charge in [-0.25, -0.2) is 14.2 Å². The minimum absolute atomic E-state index is 0.0880. The van der Waals surface area contributed by atoms with Crippen LogP contribution in [0.4, 0.5) is 4.39 Å². The van der Waals surface area contributed by atoms with E-state index >= 15 is 0 Å². The molecule has 0 spiro atoms. The van der Waals surface area contributed by atoms with Crippen LogP contribution < -0.4 is 4.74 Å². The van der Waals surface area contributed by atoms with Gasteiger partial charge in [0.15, 0.2) is 0 Å². The molecule has 8 heteroatoms. The lowest BCUT2D eigenvalue weighted by atomic mass is 9.98. The first-order valence-electron chi connectivity index (χ1n) is 8.53. The number of hydrogen-bond donors (Lipinski definition) is 1. The first-order valence-corrected chi connectivity index (χ1v) is 8.90. The summed E-state index contributed by atoms with van der Waals surface area (Å²) in [5.74, 6) is -0.667. The zero-order chi connectivity index (χ0) is 20.5. The van der Waals surface area contributed by atoms with E-state index in [1.54, 1.807) is 6.07 Å². The van der Waals surface area contributed by atoms with E-state index in [4.69, 9.17) is 21.1 Å². The quantitative estimate of drug-likeness (QED) is 0.517. The van der Waals surface area contributed by atoms with Crippen LogP contribution in [-0.2, 0) is 9.53 Å². The Bertz CT molecular complexity index is 1210. The van der Waals surface area contributed by atoms with Crippen molar-refractivity contribution in [2.24, 2.45) is 0 Å². The highest BCUT2D eigenvalue weighted by molar-refractivity contribution is 6.50. The van der Waals surface area contributed by atoms with Gasteiger partial charge in [-0.15, -0.1) is 0 Å². The zero-order valence-electron chi connectivity index (χ0n) is 15.1. The van der Waals surface area contributed by atoms with E-state index in [0.29, 0.717) is 11.3 Å². The first kappa shape index (κ1) is 18.7. The molecule has 2 heterocycles. The number of aromatic amines is 1. The fourth-order valence-corrected chi connectivity index (χ4v) is 3.35. The number of hydrogen-bond acceptors (Lipinski definition) is 5. The second kappa shape index (κ2) is 7.41. The summed E-state index contributed by atoms with van der Waals surface area (Å²) in [5, 5.41) is 9.77. The molecule has 0 saturated carbocycles. The van der Waals surface area contributed by atoms with E-state index in [1.807, 2.05) is 18.2 Å². The number of nitriles is 1. The van der Waals surface area contributed by atoms with E-state index in [9.17, 15) is 14.4 Å². The van der Waals surface area contributed by atoms with Gasteiger partial charge in [0.05, 0.1) is 28.7 Å². The molecule has 6 nitrogen and oxygen atoms in total. The van der Waals surface area contributed by atoms with Crippen molar-refractivity contribution in [2.75, 3.05) is 7.11 Å². The SMILES string of the molecule is COC(=O)C1Oc2ccc(F)cc2C(Cl)=C1/C=C(/C#N)c1nc2ccccc2[nH]1. The number of ether oxygens (including phenoxy) is 2. The van der Waals surface area contributed by atoms with Crippen LogP contribution in [0.2, 0.25) is 0 Å². The summed E-state index contributed by atoms with van der Waals surface area (Å²) in [6, 6.07) is 13.1. The molecule has 1 aliphatic rings. The minimum Gasteiger partial charge on any atom is -0.473 e. The summed E-state index contributed by atoms with van der Waals surface area (Å²) in [6.07, 6.45) is 0.188. The van der Waals surface area contributed by atoms with Crippen LogP contribution in [0.1, 0.15) is 11.4 Å². The summed E-state index contributed by atoms with van der Waals surface area (Å²) >= 11 is 6.49. The average molecular weight is 410 g/mol. The zero-order valence-corrected chi connectivity index (χ0v) is 15.8. The van der Waals surface area contributed by atoms with Crippen molar-refractivity contribution >= 4 is 39.2 Å². The third-order valence-electron chi connectivity index (χ3n) is 4.44. The van der Waals surface area contributed by atoms with Crippen molar-refractivity contribution in [3.8, 4) is 11.8 Å². The van der Waals surface area contributed by atoms with Gasteiger partial charge in [0.1, 0.15) is 23.5 Å². The number of H-pyrrole nitrogens is 1. The number of fused-ring (bicyclic) bond motifs is 2. The van der Waals surface area contributed by atoms with Crippen LogP contribution in [0.25, 0.3) is 21.6 Å². The monoisotopic (exact) mass is 409 g/mol. The summed E-state index contributed by atoms with van der Waals surface area (Å²) in [4.78, 5) is 19.7. The van der Waals surface area contributed by atoms with Gasteiger partial charge < -0.3 is 14.5 Å². The number of carbonyl (C=O) groups is 1. The number of methoxy groups -OCH3 is 1. The van der Waals surface area contributed by atoms with Crippen molar-refractivity contribution in [1.29, 1.82) is 5.26 Å². The number of nitrogens with one attached hydrogen (secondary N) is 1. The number of imidazole rings is 1. The summed E-state index contributed by atoms with van der Waals surface area (Å²) in [5.41, 5.74) is 2.02. The number of rotatable bonds is 3. The molecule has 0 saturated heterocycles. The number of nitrogens with zero attached hydrogens (tertiary/aromatic N) is 2. The van der Waals surface area contributed by atoms with Gasteiger partial charge in [-0.05, 0) is 36.4 Å². The van der Waals surface area contributed by atoms with Gasteiger partial charge in [-0.2, -0.15) is 5.26 Å². The largest absolute Gasteiger partial charge is 0.473 e. The maximum atomic E-state index is 13.7. The third kappa shape index (κ3) is 3.35. The molecule has 1 unspecified atom stereocenters. The molecule has 0 aliphatic carbocycles. The molecule has 29 heavy (non-hydrogen) atoms. The lowest BCUT2D eigenvalue weighted by Gasteiger charge is -2.26. The van der Waals surface area contributed by atoms with Crippen LogP contribution in [0, 0.1) is 17.1 Å². The highest BCUT2D eigenvalue weighted by Gasteiger charge is 2.34. The van der Waals surface area contributed by atoms with Gasteiger partial charge in [0.25, 0.3) is 0 Å². The van der Waals surface area contributed by atoms with Gasteiger partial charge >= 0.3 is 5.97 Å². The van der Waals surface area contributed by atoms with Gasteiger partial charge in [-0.3, -0.25) is 0 Å². The Hall–Kier alpha value is -3.63. The fraction of sp³-hybridized carbons (Fsp3) is 0.0952. The predicted octanol–water partition coefficient (Wildman–Crippen LogP) is 4.19. The molecule has 144 valence electrons. The Morgan fingerprint density at radius 3 is 2.90 bits per heavy atom. The second-order valence-electron chi connectivity index (χ2n) is 6.20. The second-order valence-corrected chi connectivity index (χ2v) is 6.58. The van der Waals surface area contributed by atoms with E-state index < -0.39 is 17.9 Å². The van der Waals surface area contributed by atoms with Crippen molar-refractivity contribution in [3.05, 3.63) is 71.3 Å². The third-order valence-corrected chi connectivity index (χ3v) is 4.86. The Labute approximate surface area is 169 Å². The summed E-state index contributed by atoms with van der Waals surface area (Å²) in [7, 11) is 1.21. The molecule has 1 N–H and O–H groups in total. The summed E-state index contributed by atoms with van der Waals surface area (Å²) in [6.45, 7) is 0. The highest BCUT2D eigenvalue weighted by Crippen LogP contribution is 2.40. The number of esters is 1. The molecule has 1 aromatic heterocycles. The van der Waals surface area contributed by atoms with Crippen molar-refractivity contribution in [1.82, 2.24) is 9.97 Å². The predicted molar refractivity (Wildman–Crippen MR) is 105 cm³/mol. The average Bonchev–Trinajstić information content (AvgIpc) is 3.16. The maximum absolute atomic E-state index is 13.7. The van der Waals surface area contributed by atoms with Crippen molar-refractivity contribution < 1.29 is 18.7 Å². The smallest absolute Gasteiger partial charge is 0.351 e. The molecule has 1 aliphatic heterocycles. The molecule has 1 atom stereocenters. The fourth-order valence-electron chi connectivity index (χ4n) is 3.05. The van der Waals surface area contributed by atoms with E-state index in [2.05, 4.69) is 16.0 Å². The van der Waals surface area contributed by atoms with E-state index in [1.165, 1.54) is 31.4 Å². The molecule has 0 bridgehead atoms. The number of para-hydroxylation sites is 2. The number of allylic oxidation sites excluding steroid dienone is 1. The molecular formula is C21H13ClFN3O3. The minimum atomic E-state index is -1.21. The molecule has 4 rings (SSSR count). The van der Waals surface area contributed by atoms with Crippen LogP contribution in [0.15, 0.2) is 54.1 Å². The van der Waals surface area contributed by atoms with Crippen LogP contribution in [0.3, 0.4) is 0 Å². The van der Waals surface area contributed by atoms with E-state index in [0.717, 1.165) is 5.52 Å². The standard InChI is InChI=1S/C21H13ClFN3O3/c1-28-21(27)19-14(18(22)13-9-12(23)6-7-17(13)29-19)8-11(10-24)20-25-15-4-2-3-5-16(15)26-20/h2-9,19H,1H3,(H,25,26)/b11-8-. The number of halogens is 2. The first-order chi connectivity index (χ1) is 14.0. The molecule has 3 aromatic rings. The lowest BCUT2D eigenvalue weighted by molar-refractivity contribution is -0.146. The lowest BCUT2D eigenvalue weighted by Crippen LogP contribution is -2.33. The maximum Gasteiger partial charge on any atom is 0.351 e. The van der Waals surface area contributed by atoms with Crippen LogP contribution >= 0.6 is 11.6 Å². The topological polar surface area (TPSA) is 88.0 Å². The van der Waals surface area contributed by atoms with Crippen molar-refractivity contribution in [3.63, 3.8) is 0 Å².